The molecule has 0 N–H and O–H groups in total. The van der Waals surface area contributed by atoms with E-state index in [-0.39, 0.29) is 0 Å². The molecular weight excluding hydrogens is 152 g/mol. The first-order valence-corrected chi connectivity index (χ1v) is 3.61. The zero-order valence-electron chi connectivity index (χ0n) is 4.80. The van der Waals surface area contributed by atoms with Crippen molar-refractivity contribution in [2.75, 3.05) is 0 Å². The van der Waals surface area contributed by atoms with E-state index in [9.17, 15) is 0 Å². The van der Waals surface area contributed by atoms with E-state index in [4.69, 9.17) is 24.2 Å². The van der Waals surface area contributed by atoms with E-state index in [0.29, 0.717) is 5.75 Å². The molecular formula is C7H6ClS-. The number of hydrogen-bond donors (Lipinski definition) is 0. The fourth-order valence-corrected chi connectivity index (χ4v) is 1.02. The molecule has 0 aliphatic carbocycles. The average Bonchev–Trinajstić information content (AvgIpc) is 1.88. The molecule has 1 aromatic carbocycles. The van der Waals surface area contributed by atoms with Gasteiger partial charge in [-0.05, 0) is 12.1 Å². The summed E-state index contributed by atoms with van der Waals surface area (Å²) in [6.45, 7) is 0. The van der Waals surface area contributed by atoms with Gasteiger partial charge in [0.25, 0.3) is 0 Å². The first kappa shape index (κ1) is 6.97. The molecule has 0 unspecified atom stereocenters. The molecule has 1 aromatic rings. The zero-order valence-corrected chi connectivity index (χ0v) is 6.38. The summed E-state index contributed by atoms with van der Waals surface area (Å²) in [6, 6.07) is 7.60. The monoisotopic (exact) mass is 157 g/mol. The lowest BCUT2D eigenvalue weighted by atomic mass is 10.2. The van der Waals surface area contributed by atoms with Crippen molar-refractivity contribution in [1.29, 1.82) is 0 Å². The quantitative estimate of drug-likeness (QED) is 0.565. The van der Waals surface area contributed by atoms with Gasteiger partial charge in [-0.15, -0.1) is 0 Å². The third-order valence-electron chi connectivity index (χ3n) is 1.06. The summed E-state index contributed by atoms with van der Waals surface area (Å²) in [7, 11) is 0. The van der Waals surface area contributed by atoms with Crippen LogP contribution in [0.25, 0.3) is 0 Å². The minimum atomic E-state index is 0.639. The van der Waals surface area contributed by atoms with Gasteiger partial charge in [-0.3, -0.25) is 0 Å². The third kappa shape index (κ3) is 1.92. The Balaban J connectivity index is 2.94. The van der Waals surface area contributed by atoms with Crippen molar-refractivity contribution in [3.63, 3.8) is 0 Å². The second kappa shape index (κ2) is 3.14. The van der Waals surface area contributed by atoms with Gasteiger partial charge in [0.15, 0.2) is 0 Å². The highest BCUT2D eigenvalue weighted by Gasteiger charge is 1.84. The number of benzene rings is 1. The highest BCUT2D eigenvalue weighted by atomic mass is 35.5. The van der Waals surface area contributed by atoms with Crippen molar-refractivity contribution in [2.45, 2.75) is 5.75 Å². The average molecular weight is 158 g/mol. The fourth-order valence-electron chi connectivity index (χ4n) is 0.627. The Hall–Kier alpha value is -0.140. The molecule has 9 heavy (non-hydrogen) atoms. The van der Waals surface area contributed by atoms with Crippen LogP contribution in [0.4, 0.5) is 0 Å². The van der Waals surface area contributed by atoms with E-state index >= 15 is 0 Å². The maximum atomic E-state index is 5.68. The van der Waals surface area contributed by atoms with E-state index in [2.05, 4.69) is 0 Å². The Labute approximate surface area is 65.3 Å². The molecule has 0 bridgehead atoms. The molecule has 0 radical (unpaired) electrons. The van der Waals surface area contributed by atoms with Gasteiger partial charge >= 0.3 is 0 Å². The summed E-state index contributed by atoms with van der Waals surface area (Å²) >= 11 is 10.5. The Morgan fingerprint density at radius 1 is 1.44 bits per heavy atom. The van der Waals surface area contributed by atoms with Gasteiger partial charge in [0.05, 0.1) is 0 Å². The Kier molecular flexibility index (Phi) is 2.43. The lowest BCUT2D eigenvalue weighted by Crippen LogP contribution is -1.77. The van der Waals surface area contributed by atoms with Gasteiger partial charge < -0.3 is 12.6 Å². The van der Waals surface area contributed by atoms with Crippen molar-refractivity contribution in [2.24, 2.45) is 0 Å². The van der Waals surface area contributed by atoms with Crippen LogP contribution in [0.5, 0.6) is 0 Å². The SMILES string of the molecule is [S-]Cc1cccc(Cl)c1. The Morgan fingerprint density at radius 2 is 2.22 bits per heavy atom. The Bertz CT molecular complexity index is 198. The van der Waals surface area contributed by atoms with Crippen LogP contribution in [0.15, 0.2) is 24.3 Å². The topological polar surface area (TPSA) is 0 Å². The molecule has 0 aliphatic heterocycles. The molecule has 48 valence electrons. The molecule has 0 aliphatic rings. The minimum absolute atomic E-state index is 0.639. The number of halogens is 1. The maximum absolute atomic E-state index is 5.68. The van der Waals surface area contributed by atoms with Crippen LogP contribution >= 0.6 is 11.6 Å². The van der Waals surface area contributed by atoms with Crippen LogP contribution in [-0.2, 0) is 18.4 Å². The van der Waals surface area contributed by atoms with E-state index in [0.717, 1.165) is 10.6 Å². The lowest BCUT2D eigenvalue weighted by Gasteiger charge is -2.02. The van der Waals surface area contributed by atoms with Gasteiger partial charge in [0, 0.05) is 5.02 Å². The first-order chi connectivity index (χ1) is 4.33. The van der Waals surface area contributed by atoms with E-state index in [1.165, 1.54) is 0 Å². The van der Waals surface area contributed by atoms with Crippen LogP contribution in [0.1, 0.15) is 5.56 Å². The van der Waals surface area contributed by atoms with Crippen molar-refractivity contribution in [3.05, 3.63) is 34.9 Å². The van der Waals surface area contributed by atoms with Crippen LogP contribution in [0.2, 0.25) is 5.02 Å². The normalized spacial score (nSPS) is 9.56. The summed E-state index contributed by atoms with van der Waals surface area (Å²) in [5.41, 5.74) is 1.11. The van der Waals surface area contributed by atoms with Crippen LogP contribution in [-0.4, -0.2) is 0 Å². The van der Waals surface area contributed by atoms with Gasteiger partial charge in [0.1, 0.15) is 0 Å². The maximum Gasteiger partial charge on any atom is 0.0408 e. The van der Waals surface area contributed by atoms with E-state index < -0.39 is 0 Å². The first-order valence-electron chi connectivity index (χ1n) is 2.65. The molecule has 0 heterocycles. The van der Waals surface area contributed by atoms with Crippen molar-refractivity contribution in [1.82, 2.24) is 0 Å². The van der Waals surface area contributed by atoms with E-state index in [1.807, 2.05) is 24.3 Å². The predicted molar refractivity (Wildman–Crippen MR) is 42.5 cm³/mol. The third-order valence-corrected chi connectivity index (χ3v) is 1.62. The fraction of sp³-hybridized carbons (Fsp3) is 0.143. The largest absolute Gasteiger partial charge is 0.788 e. The predicted octanol–water partition coefficient (Wildman–Crippen LogP) is 2.39. The van der Waals surface area contributed by atoms with Gasteiger partial charge in [-0.25, -0.2) is 0 Å². The van der Waals surface area contributed by atoms with Crippen LogP contribution in [0.3, 0.4) is 0 Å². The second-order valence-electron chi connectivity index (χ2n) is 1.77. The highest BCUT2D eigenvalue weighted by Crippen LogP contribution is 2.09. The smallest absolute Gasteiger partial charge is 0.0408 e. The molecule has 0 fully saturated rings. The minimum Gasteiger partial charge on any atom is -0.788 e. The second-order valence-corrected chi connectivity index (χ2v) is 2.50. The summed E-state index contributed by atoms with van der Waals surface area (Å²) in [6.07, 6.45) is 0. The summed E-state index contributed by atoms with van der Waals surface area (Å²) in [5, 5.41) is 0.761. The summed E-state index contributed by atoms with van der Waals surface area (Å²) < 4.78 is 0. The van der Waals surface area contributed by atoms with Gasteiger partial charge in [-0.1, -0.05) is 29.3 Å². The van der Waals surface area contributed by atoms with Crippen molar-refractivity contribution in [3.8, 4) is 0 Å². The zero-order chi connectivity index (χ0) is 6.69. The van der Waals surface area contributed by atoms with E-state index in [1.54, 1.807) is 0 Å². The van der Waals surface area contributed by atoms with Gasteiger partial charge in [-0.2, -0.15) is 5.75 Å². The molecule has 0 saturated carbocycles. The standard InChI is InChI=1S/C7H7ClS/c8-7-3-1-2-6(4-7)5-9/h1-4,9H,5H2/p-1. The lowest BCUT2D eigenvalue weighted by molar-refractivity contribution is 1.43. The van der Waals surface area contributed by atoms with Crippen LogP contribution in [0, 0.1) is 0 Å². The van der Waals surface area contributed by atoms with Crippen molar-refractivity contribution >= 4 is 24.2 Å². The molecule has 0 aromatic heterocycles. The molecule has 0 saturated heterocycles. The molecule has 0 atom stereocenters. The summed E-state index contributed by atoms with van der Waals surface area (Å²) in [4.78, 5) is 0. The molecule has 1 rings (SSSR count). The Morgan fingerprint density at radius 3 is 2.67 bits per heavy atom. The molecule has 0 nitrogen and oxygen atoms in total. The number of hydrogen-bond acceptors (Lipinski definition) is 1. The highest BCUT2D eigenvalue weighted by molar-refractivity contribution is 7.57. The van der Waals surface area contributed by atoms with Crippen LogP contribution < -0.4 is 0 Å². The number of rotatable bonds is 1. The van der Waals surface area contributed by atoms with Crippen molar-refractivity contribution < 1.29 is 0 Å². The summed E-state index contributed by atoms with van der Waals surface area (Å²) in [5.74, 6) is 0.639. The van der Waals surface area contributed by atoms with Gasteiger partial charge in [0.2, 0.25) is 0 Å². The molecule has 2 heteroatoms. The molecule has 0 spiro atoms. The molecule has 0 amide bonds.